The Labute approximate surface area is 113 Å². The minimum Gasteiger partial charge on any atom is -0.396 e. The van der Waals surface area contributed by atoms with Gasteiger partial charge in [0.25, 0.3) is 0 Å². The number of carbonyl (C=O) groups is 1. The number of aliphatic hydroxyl groups is 1. The van der Waals surface area contributed by atoms with Crippen LogP contribution in [0.25, 0.3) is 0 Å². The molecule has 4 heteroatoms. The van der Waals surface area contributed by atoms with Crippen LogP contribution < -0.4 is 5.32 Å². The number of hydrogen-bond acceptors (Lipinski definition) is 3. The number of aliphatic hydroxyl groups excluding tert-OH is 1. The van der Waals surface area contributed by atoms with Crippen LogP contribution in [0.3, 0.4) is 0 Å². The molecule has 18 heavy (non-hydrogen) atoms. The third-order valence-corrected chi connectivity index (χ3v) is 4.02. The predicted octanol–water partition coefficient (Wildman–Crippen LogP) is 2.66. The second-order valence-electron chi connectivity index (χ2n) is 4.55. The van der Waals surface area contributed by atoms with E-state index in [0.29, 0.717) is 12.8 Å². The summed E-state index contributed by atoms with van der Waals surface area (Å²) in [5.41, 5.74) is 0. The SMILES string of the molecule is CCC(CCO)NC(=O)CCCc1ccc(C)s1. The molecule has 1 aromatic rings. The van der Waals surface area contributed by atoms with E-state index in [9.17, 15) is 4.79 Å². The first-order valence-electron chi connectivity index (χ1n) is 6.61. The number of aryl methyl sites for hydroxylation is 2. The van der Waals surface area contributed by atoms with Gasteiger partial charge in [-0.25, -0.2) is 0 Å². The van der Waals surface area contributed by atoms with E-state index in [1.54, 1.807) is 11.3 Å². The standard InChI is InChI=1S/C14H23NO2S/c1-3-12(9-10-16)15-14(17)6-4-5-13-8-7-11(2)18-13/h7-8,12,16H,3-6,9-10H2,1-2H3,(H,15,17). The minimum absolute atomic E-state index is 0.101. The molecule has 1 unspecified atom stereocenters. The van der Waals surface area contributed by atoms with Crippen LogP contribution in [0.15, 0.2) is 12.1 Å². The van der Waals surface area contributed by atoms with E-state index in [1.807, 2.05) is 6.92 Å². The Balaban J connectivity index is 2.20. The fourth-order valence-electron chi connectivity index (χ4n) is 1.88. The normalized spacial score (nSPS) is 12.4. The summed E-state index contributed by atoms with van der Waals surface area (Å²) in [6, 6.07) is 4.37. The van der Waals surface area contributed by atoms with Gasteiger partial charge in [0.2, 0.25) is 5.91 Å². The number of carbonyl (C=O) groups excluding carboxylic acids is 1. The van der Waals surface area contributed by atoms with E-state index >= 15 is 0 Å². The van der Waals surface area contributed by atoms with E-state index in [1.165, 1.54) is 9.75 Å². The first-order valence-corrected chi connectivity index (χ1v) is 7.43. The van der Waals surface area contributed by atoms with E-state index in [4.69, 9.17) is 5.11 Å². The highest BCUT2D eigenvalue weighted by molar-refractivity contribution is 7.11. The van der Waals surface area contributed by atoms with Gasteiger partial charge >= 0.3 is 0 Å². The molecular weight excluding hydrogens is 246 g/mol. The predicted molar refractivity (Wildman–Crippen MR) is 75.9 cm³/mol. The fraction of sp³-hybridized carbons (Fsp3) is 0.643. The van der Waals surface area contributed by atoms with Gasteiger partial charge in [0, 0.05) is 28.8 Å². The average Bonchev–Trinajstić information content (AvgIpc) is 2.74. The third-order valence-electron chi connectivity index (χ3n) is 2.96. The highest BCUT2D eigenvalue weighted by atomic mass is 32.1. The summed E-state index contributed by atoms with van der Waals surface area (Å²) in [5, 5.41) is 11.8. The lowest BCUT2D eigenvalue weighted by molar-refractivity contribution is -0.122. The molecule has 0 aliphatic heterocycles. The Hall–Kier alpha value is -0.870. The van der Waals surface area contributed by atoms with Crippen molar-refractivity contribution in [2.45, 2.75) is 52.0 Å². The van der Waals surface area contributed by atoms with Crippen LogP contribution in [-0.2, 0) is 11.2 Å². The highest BCUT2D eigenvalue weighted by Gasteiger charge is 2.09. The smallest absolute Gasteiger partial charge is 0.220 e. The van der Waals surface area contributed by atoms with E-state index in [0.717, 1.165) is 19.3 Å². The topological polar surface area (TPSA) is 49.3 Å². The van der Waals surface area contributed by atoms with E-state index < -0.39 is 0 Å². The maximum absolute atomic E-state index is 11.7. The number of thiophene rings is 1. The first-order chi connectivity index (χ1) is 8.65. The summed E-state index contributed by atoms with van der Waals surface area (Å²) in [5.74, 6) is 0.101. The Bertz CT molecular complexity index is 362. The molecule has 0 radical (unpaired) electrons. The monoisotopic (exact) mass is 269 g/mol. The van der Waals surface area contributed by atoms with Gasteiger partial charge in [0.05, 0.1) is 0 Å². The van der Waals surface area contributed by atoms with Crippen molar-refractivity contribution in [1.82, 2.24) is 5.32 Å². The molecule has 0 aromatic carbocycles. The van der Waals surface area contributed by atoms with Crippen LogP contribution >= 0.6 is 11.3 Å². The molecule has 0 saturated heterocycles. The third kappa shape index (κ3) is 5.65. The van der Waals surface area contributed by atoms with Gasteiger partial charge in [-0.15, -0.1) is 11.3 Å². The second-order valence-corrected chi connectivity index (χ2v) is 5.92. The molecule has 0 aliphatic carbocycles. The molecule has 0 bridgehead atoms. The van der Waals surface area contributed by atoms with Crippen LogP contribution in [-0.4, -0.2) is 23.7 Å². The van der Waals surface area contributed by atoms with Crippen molar-refractivity contribution in [1.29, 1.82) is 0 Å². The van der Waals surface area contributed by atoms with Crippen molar-refractivity contribution >= 4 is 17.2 Å². The molecule has 0 aliphatic rings. The molecule has 2 N–H and O–H groups in total. The number of rotatable bonds is 8. The molecule has 0 fully saturated rings. The van der Waals surface area contributed by atoms with Crippen LogP contribution in [0.1, 0.15) is 42.4 Å². The van der Waals surface area contributed by atoms with Gasteiger partial charge in [0.15, 0.2) is 0 Å². The van der Waals surface area contributed by atoms with Crippen molar-refractivity contribution in [3.8, 4) is 0 Å². The summed E-state index contributed by atoms with van der Waals surface area (Å²) in [4.78, 5) is 14.4. The lowest BCUT2D eigenvalue weighted by Gasteiger charge is -2.15. The molecule has 3 nitrogen and oxygen atoms in total. The molecule has 102 valence electrons. The fourth-order valence-corrected chi connectivity index (χ4v) is 2.81. The first kappa shape index (κ1) is 15.2. The Morgan fingerprint density at radius 2 is 2.28 bits per heavy atom. The number of hydrogen-bond donors (Lipinski definition) is 2. The lowest BCUT2D eigenvalue weighted by Crippen LogP contribution is -2.34. The average molecular weight is 269 g/mol. The molecule has 0 saturated carbocycles. The summed E-state index contributed by atoms with van der Waals surface area (Å²) in [6.07, 6.45) is 3.95. The van der Waals surface area contributed by atoms with Crippen molar-refractivity contribution in [2.24, 2.45) is 0 Å². The Morgan fingerprint density at radius 1 is 1.50 bits per heavy atom. The zero-order valence-corrected chi connectivity index (χ0v) is 12.1. The van der Waals surface area contributed by atoms with Crippen molar-refractivity contribution < 1.29 is 9.90 Å². The lowest BCUT2D eigenvalue weighted by atomic mass is 10.1. The Morgan fingerprint density at radius 3 is 2.83 bits per heavy atom. The molecular formula is C14H23NO2S. The van der Waals surface area contributed by atoms with Gasteiger partial charge in [-0.05, 0) is 44.7 Å². The zero-order chi connectivity index (χ0) is 13.4. The van der Waals surface area contributed by atoms with Gasteiger partial charge in [-0.2, -0.15) is 0 Å². The summed E-state index contributed by atoms with van der Waals surface area (Å²) in [7, 11) is 0. The molecule has 1 amide bonds. The van der Waals surface area contributed by atoms with Crippen LogP contribution in [0.4, 0.5) is 0 Å². The Kier molecular flexibility index (Phi) is 6.98. The second kappa shape index (κ2) is 8.27. The maximum atomic E-state index is 11.7. The summed E-state index contributed by atoms with van der Waals surface area (Å²) >= 11 is 1.80. The van der Waals surface area contributed by atoms with Gasteiger partial charge < -0.3 is 10.4 Å². The van der Waals surface area contributed by atoms with Crippen molar-refractivity contribution in [2.75, 3.05) is 6.61 Å². The summed E-state index contributed by atoms with van der Waals surface area (Å²) < 4.78 is 0. The van der Waals surface area contributed by atoms with Gasteiger partial charge in [-0.1, -0.05) is 6.92 Å². The van der Waals surface area contributed by atoms with Crippen LogP contribution in [0.5, 0.6) is 0 Å². The number of nitrogens with one attached hydrogen (secondary N) is 1. The maximum Gasteiger partial charge on any atom is 0.220 e. The minimum atomic E-state index is 0.101. The van der Waals surface area contributed by atoms with Gasteiger partial charge in [-0.3, -0.25) is 4.79 Å². The highest BCUT2D eigenvalue weighted by Crippen LogP contribution is 2.17. The van der Waals surface area contributed by atoms with Crippen molar-refractivity contribution in [3.63, 3.8) is 0 Å². The quantitative estimate of drug-likeness (QED) is 0.762. The molecule has 1 atom stereocenters. The summed E-state index contributed by atoms with van der Waals surface area (Å²) in [6.45, 7) is 4.25. The zero-order valence-electron chi connectivity index (χ0n) is 11.2. The molecule has 1 heterocycles. The number of amides is 1. The van der Waals surface area contributed by atoms with E-state index in [2.05, 4.69) is 24.4 Å². The van der Waals surface area contributed by atoms with E-state index in [-0.39, 0.29) is 18.6 Å². The molecule has 1 aromatic heterocycles. The largest absolute Gasteiger partial charge is 0.396 e. The van der Waals surface area contributed by atoms with Crippen LogP contribution in [0.2, 0.25) is 0 Å². The molecule has 0 spiro atoms. The molecule has 1 rings (SSSR count). The van der Waals surface area contributed by atoms with Crippen molar-refractivity contribution in [3.05, 3.63) is 21.9 Å². The van der Waals surface area contributed by atoms with Crippen LogP contribution in [0, 0.1) is 6.92 Å². The van der Waals surface area contributed by atoms with Gasteiger partial charge in [0.1, 0.15) is 0 Å².